The fraction of sp³-hybridized carbons (Fsp3) is 0.353. The molecule has 23 heavy (non-hydrogen) atoms. The highest BCUT2D eigenvalue weighted by Crippen LogP contribution is 2.10. The van der Waals surface area contributed by atoms with Crippen LogP contribution in [0.1, 0.15) is 10.4 Å². The maximum Gasteiger partial charge on any atom is 0.255 e. The highest BCUT2D eigenvalue weighted by molar-refractivity contribution is 5.93. The summed E-state index contributed by atoms with van der Waals surface area (Å²) >= 11 is 0. The maximum absolute atomic E-state index is 12.3. The first-order chi connectivity index (χ1) is 11.3. The molecule has 0 bridgehead atoms. The summed E-state index contributed by atoms with van der Waals surface area (Å²) in [4.78, 5) is 16.5. The first-order valence-electron chi connectivity index (χ1n) is 7.79. The molecule has 1 amide bonds. The van der Waals surface area contributed by atoms with Gasteiger partial charge >= 0.3 is 0 Å². The quantitative estimate of drug-likeness (QED) is 0.833. The average Bonchev–Trinajstić information content (AvgIpc) is 2.63. The zero-order valence-corrected chi connectivity index (χ0v) is 13.0. The van der Waals surface area contributed by atoms with E-state index >= 15 is 0 Å². The highest BCUT2D eigenvalue weighted by Gasteiger charge is 2.22. The maximum atomic E-state index is 12.3. The first kappa shape index (κ1) is 15.4. The highest BCUT2D eigenvalue weighted by atomic mass is 16.5. The normalized spacial score (nSPS) is 15.4. The van der Waals surface area contributed by atoms with Crippen LogP contribution in [0.15, 0.2) is 48.8 Å². The molecule has 1 aromatic heterocycles. The predicted molar refractivity (Wildman–Crippen MR) is 86.3 cm³/mol. The molecular weight excluding hydrogens is 292 g/mol. The molecule has 0 atom stereocenters. The first-order valence-corrected chi connectivity index (χ1v) is 7.79. The Kier molecular flexibility index (Phi) is 5.16. The fourth-order valence-corrected chi connectivity index (χ4v) is 2.58. The van der Waals surface area contributed by atoms with Crippen LogP contribution in [-0.2, 0) is 0 Å². The van der Waals surface area contributed by atoms with Crippen molar-refractivity contribution in [3.63, 3.8) is 0 Å². The third-order valence-electron chi connectivity index (χ3n) is 3.91. The molecule has 1 aromatic carbocycles. The number of amides is 1. The van der Waals surface area contributed by atoms with Crippen LogP contribution in [0.5, 0.6) is 5.75 Å². The molecule has 1 aliphatic heterocycles. The van der Waals surface area contributed by atoms with Crippen molar-refractivity contribution >= 4 is 5.91 Å². The van der Waals surface area contributed by atoms with Crippen molar-refractivity contribution < 1.29 is 9.53 Å². The number of aromatic nitrogens is 2. The van der Waals surface area contributed by atoms with Gasteiger partial charge in [-0.2, -0.15) is 10.2 Å². The van der Waals surface area contributed by atoms with Crippen LogP contribution >= 0.6 is 0 Å². The number of nitrogens with zero attached hydrogens (tertiary/aromatic N) is 4. The predicted octanol–water partition coefficient (Wildman–Crippen LogP) is 1.31. The van der Waals surface area contributed by atoms with Crippen LogP contribution in [0.4, 0.5) is 0 Å². The summed E-state index contributed by atoms with van der Waals surface area (Å²) in [6.45, 7) is 4.71. The number of hydrogen-bond donors (Lipinski definition) is 0. The number of piperazine rings is 1. The SMILES string of the molecule is O=C(c1ccnnc1)N1CCN(CCOc2ccccc2)CC1. The van der Waals surface area contributed by atoms with Crippen molar-refractivity contribution in [2.45, 2.75) is 0 Å². The van der Waals surface area contributed by atoms with E-state index in [0.29, 0.717) is 12.2 Å². The number of carbonyl (C=O) groups excluding carboxylic acids is 1. The van der Waals surface area contributed by atoms with Gasteiger partial charge < -0.3 is 9.64 Å². The van der Waals surface area contributed by atoms with Gasteiger partial charge in [-0.05, 0) is 18.2 Å². The van der Waals surface area contributed by atoms with E-state index in [4.69, 9.17) is 4.74 Å². The van der Waals surface area contributed by atoms with E-state index in [1.807, 2.05) is 35.2 Å². The van der Waals surface area contributed by atoms with E-state index in [9.17, 15) is 4.79 Å². The van der Waals surface area contributed by atoms with E-state index in [2.05, 4.69) is 15.1 Å². The number of para-hydroxylation sites is 1. The summed E-state index contributed by atoms with van der Waals surface area (Å²) in [5.74, 6) is 0.923. The van der Waals surface area contributed by atoms with Gasteiger partial charge in [-0.25, -0.2) is 0 Å². The van der Waals surface area contributed by atoms with Gasteiger partial charge in [0.25, 0.3) is 5.91 Å². The van der Waals surface area contributed by atoms with E-state index < -0.39 is 0 Å². The van der Waals surface area contributed by atoms with Gasteiger partial charge in [0.05, 0.1) is 18.0 Å². The third kappa shape index (κ3) is 4.26. The minimum Gasteiger partial charge on any atom is -0.492 e. The lowest BCUT2D eigenvalue weighted by Crippen LogP contribution is -2.49. The molecule has 120 valence electrons. The lowest BCUT2D eigenvalue weighted by atomic mass is 10.2. The molecule has 0 aliphatic carbocycles. The van der Waals surface area contributed by atoms with E-state index in [1.54, 1.807) is 12.3 Å². The number of hydrogen-bond acceptors (Lipinski definition) is 5. The Morgan fingerprint density at radius 1 is 1.04 bits per heavy atom. The van der Waals surface area contributed by atoms with Crippen LogP contribution in [-0.4, -0.2) is 65.2 Å². The molecular formula is C17H20N4O2. The van der Waals surface area contributed by atoms with Crippen molar-refractivity contribution in [3.8, 4) is 5.75 Å². The van der Waals surface area contributed by atoms with Crippen molar-refractivity contribution in [3.05, 3.63) is 54.4 Å². The van der Waals surface area contributed by atoms with Gasteiger partial charge in [-0.1, -0.05) is 18.2 Å². The third-order valence-corrected chi connectivity index (χ3v) is 3.91. The summed E-state index contributed by atoms with van der Waals surface area (Å²) in [5, 5.41) is 7.46. The molecule has 6 nitrogen and oxygen atoms in total. The summed E-state index contributed by atoms with van der Waals surface area (Å²) in [6, 6.07) is 11.5. The molecule has 1 fully saturated rings. The van der Waals surface area contributed by atoms with Gasteiger partial charge in [0, 0.05) is 32.7 Å². The minimum absolute atomic E-state index is 0.0279. The molecule has 3 rings (SSSR count). The summed E-state index contributed by atoms with van der Waals surface area (Å²) in [5.41, 5.74) is 0.598. The van der Waals surface area contributed by atoms with Crippen LogP contribution in [0, 0.1) is 0 Å². The molecule has 0 spiro atoms. The summed E-state index contributed by atoms with van der Waals surface area (Å²) < 4.78 is 5.71. The standard InChI is InChI=1S/C17H20N4O2/c22-17(15-6-7-18-19-14-15)21-10-8-20(9-11-21)12-13-23-16-4-2-1-3-5-16/h1-7,14H,8-13H2. The molecule has 0 unspecified atom stereocenters. The lowest BCUT2D eigenvalue weighted by molar-refractivity contribution is 0.0619. The topological polar surface area (TPSA) is 58.6 Å². The smallest absolute Gasteiger partial charge is 0.255 e. The second-order valence-corrected chi connectivity index (χ2v) is 5.43. The molecule has 0 radical (unpaired) electrons. The Bertz CT molecular complexity index is 613. The van der Waals surface area contributed by atoms with Gasteiger partial charge in [0.1, 0.15) is 12.4 Å². The van der Waals surface area contributed by atoms with Crippen molar-refractivity contribution in [1.29, 1.82) is 0 Å². The van der Waals surface area contributed by atoms with E-state index in [-0.39, 0.29) is 5.91 Å². The monoisotopic (exact) mass is 312 g/mol. The number of benzene rings is 1. The number of carbonyl (C=O) groups is 1. The lowest BCUT2D eigenvalue weighted by Gasteiger charge is -2.34. The van der Waals surface area contributed by atoms with Gasteiger partial charge in [0.2, 0.25) is 0 Å². The van der Waals surface area contributed by atoms with E-state index in [0.717, 1.165) is 38.5 Å². The molecule has 2 heterocycles. The molecule has 6 heteroatoms. The molecule has 1 aliphatic rings. The molecule has 1 saturated heterocycles. The Balaban J connectivity index is 1.41. The molecule has 0 saturated carbocycles. The molecule has 2 aromatic rings. The zero-order valence-electron chi connectivity index (χ0n) is 13.0. The van der Waals surface area contributed by atoms with E-state index in [1.165, 1.54) is 6.20 Å². The Hall–Kier alpha value is -2.47. The summed E-state index contributed by atoms with van der Waals surface area (Å²) in [7, 11) is 0. The van der Waals surface area contributed by atoms with Gasteiger partial charge in [-0.15, -0.1) is 0 Å². The average molecular weight is 312 g/mol. The Labute approximate surface area is 135 Å². The molecule has 0 N–H and O–H groups in total. The Morgan fingerprint density at radius 3 is 2.52 bits per heavy atom. The van der Waals surface area contributed by atoms with Crippen molar-refractivity contribution in [2.75, 3.05) is 39.3 Å². The minimum atomic E-state index is 0.0279. The van der Waals surface area contributed by atoms with Gasteiger partial charge in [0.15, 0.2) is 0 Å². The largest absolute Gasteiger partial charge is 0.492 e. The van der Waals surface area contributed by atoms with Gasteiger partial charge in [-0.3, -0.25) is 9.69 Å². The second kappa shape index (κ2) is 7.69. The summed E-state index contributed by atoms with van der Waals surface area (Å²) in [6.07, 6.45) is 3.06. The van der Waals surface area contributed by atoms with Crippen LogP contribution in [0.3, 0.4) is 0 Å². The van der Waals surface area contributed by atoms with Crippen LogP contribution in [0.25, 0.3) is 0 Å². The zero-order chi connectivity index (χ0) is 15.9. The number of rotatable bonds is 5. The second-order valence-electron chi connectivity index (χ2n) is 5.43. The number of ether oxygens (including phenoxy) is 1. The van der Waals surface area contributed by atoms with Crippen LogP contribution in [0.2, 0.25) is 0 Å². The Morgan fingerprint density at radius 2 is 1.83 bits per heavy atom. The van der Waals surface area contributed by atoms with Crippen LogP contribution < -0.4 is 4.74 Å². The fourth-order valence-electron chi connectivity index (χ4n) is 2.58. The van der Waals surface area contributed by atoms with Crippen molar-refractivity contribution in [2.24, 2.45) is 0 Å². The van der Waals surface area contributed by atoms with Crippen molar-refractivity contribution in [1.82, 2.24) is 20.0 Å².